The predicted octanol–water partition coefficient (Wildman–Crippen LogP) is 3.34. The minimum absolute atomic E-state index is 0.0574. The van der Waals surface area contributed by atoms with Crippen molar-refractivity contribution in [2.75, 3.05) is 5.32 Å². The molecule has 3 nitrogen and oxygen atoms in total. The largest absolute Gasteiger partial charge is 0.326 e. The van der Waals surface area contributed by atoms with Crippen LogP contribution in [0.4, 0.5) is 10.1 Å². The number of hydrogen-bond acceptors (Lipinski definition) is 2. The number of fused-ring (bicyclic) bond motifs is 2. The number of nitrogens with one attached hydrogen (secondary N) is 2. The maximum Gasteiger partial charge on any atom is 0.224 e. The molecular weight excluding hydrogens is 279 g/mol. The van der Waals surface area contributed by atoms with Gasteiger partial charge in [0.25, 0.3) is 0 Å². The summed E-state index contributed by atoms with van der Waals surface area (Å²) in [4.78, 5) is 12.0. The van der Waals surface area contributed by atoms with Crippen LogP contribution in [0.5, 0.6) is 0 Å². The lowest BCUT2D eigenvalue weighted by Gasteiger charge is -2.28. The minimum Gasteiger partial charge on any atom is -0.326 e. The highest BCUT2D eigenvalue weighted by molar-refractivity contribution is 6.30. The van der Waals surface area contributed by atoms with E-state index in [0.717, 1.165) is 12.8 Å². The molecule has 3 rings (SSSR count). The molecule has 1 amide bonds. The van der Waals surface area contributed by atoms with Gasteiger partial charge >= 0.3 is 0 Å². The number of carbonyl (C=O) groups is 1. The molecule has 2 unspecified atom stereocenters. The lowest BCUT2D eigenvalue weighted by atomic mass is 9.89. The van der Waals surface area contributed by atoms with E-state index in [4.69, 9.17) is 11.6 Å². The molecule has 2 bridgehead atoms. The van der Waals surface area contributed by atoms with Gasteiger partial charge in [-0.2, -0.15) is 0 Å². The van der Waals surface area contributed by atoms with E-state index in [1.165, 1.54) is 25.0 Å². The zero-order chi connectivity index (χ0) is 14.1. The number of carbonyl (C=O) groups excluding carboxylic acids is 1. The maximum atomic E-state index is 13.2. The van der Waals surface area contributed by atoms with Crippen molar-refractivity contribution in [2.24, 2.45) is 5.92 Å². The summed E-state index contributed by atoms with van der Waals surface area (Å²) in [6.07, 6.45) is 5.08. The van der Waals surface area contributed by atoms with E-state index in [2.05, 4.69) is 10.6 Å². The molecule has 5 heteroatoms. The first-order valence-corrected chi connectivity index (χ1v) is 7.48. The summed E-state index contributed by atoms with van der Waals surface area (Å²) in [5.74, 6) is -0.0662. The summed E-state index contributed by atoms with van der Waals surface area (Å²) >= 11 is 5.77. The van der Waals surface area contributed by atoms with Crippen LogP contribution in [0.2, 0.25) is 5.02 Å². The topological polar surface area (TPSA) is 41.1 Å². The Morgan fingerprint density at radius 2 is 2.00 bits per heavy atom. The normalized spacial score (nSPS) is 28.4. The average molecular weight is 297 g/mol. The van der Waals surface area contributed by atoms with Crippen LogP contribution in [0.25, 0.3) is 0 Å². The number of piperidine rings is 1. The number of benzene rings is 1. The second-order valence-electron chi connectivity index (χ2n) is 5.89. The first-order chi connectivity index (χ1) is 9.58. The van der Waals surface area contributed by atoms with Crippen LogP contribution in [0.1, 0.15) is 32.1 Å². The van der Waals surface area contributed by atoms with Crippen molar-refractivity contribution in [3.8, 4) is 0 Å². The monoisotopic (exact) mass is 296 g/mol. The van der Waals surface area contributed by atoms with Crippen molar-refractivity contribution in [3.05, 3.63) is 29.0 Å². The van der Waals surface area contributed by atoms with E-state index >= 15 is 0 Å². The van der Waals surface area contributed by atoms with E-state index in [1.54, 1.807) is 6.07 Å². The van der Waals surface area contributed by atoms with E-state index in [1.807, 2.05) is 0 Å². The van der Waals surface area contributed by atoms with Gasteiger partial charge < -0.3 is 10.6 Å². The molecule has 2 heterocycles. The van der Waals surface area contributed by atoms with Gasteiger partial charge in [-0.05, 0) is 49.8 Å². The zero-order valence-corrected chi connectivity index (χ0v) is 11.9. The fourth-order valence-electron chi connectivity index (χ4n) is 3.44. The van der Waals surface area contributed by atoms with Crippen LogP contribution >= 0.6 is 11.6 Å². The Kier molecular flexibility index (Phi) is 3.94. The molecule has 108 valence electrons. The highest BCUT2D eigenvalue weighted by Gasteiger charge is 2.34. The molecule has 0 spiro atoms. The Balaban J connectivity index is 1.57. The summed E-state index contributed by atoms with van der Waals surface area (Å²) in [5.41, 5.74) is 0.428. The van der Waals surface area contributed by atoms with Crippen LogP contribution in [-0.2, 0) is 4.79 Å². The Bertz CT molecular complexity index is 490. The van der Waals surface area contributed by atoms with Gasteiger partial charge in [-0.15, -0.1) is 0 Å². The van der Waals surface area contributed by atoms with Gasteiger partial charge in [-0.25, -0.2) is 4.39 Å². The molecule has 2 N–H and O–H groups in total. The lowest BCUT2D eigenvalue weighted by Crippen LogP contribution is -2.39. The van der Waals surface area contributed by atoms with Crippen LogP contribution in [0.15, 0.2) is 18.2 Å². The van der Waals surface area contributed by atoms with Crippen molar-refractivity contribution >= 4 is 23.2 Å². The van der Waals surface area contributed by atoms with Crippen LogP contribution in [0.3, 0.4) is 0 Å². The molecular formula is C15H18ClFN2O. The number of anilines is 1. The van der Waals surface area contributed by atoms with Gasteiger partial charge in [0.1, 0.15) is 5.82 Å². The maximum absolute atomic E-state index is 13.2. The summed E-state index contributed by atoms with van der Waals surface area (Å²) in [5, 5.41) is 6.59. The molecule has 0 aromatic heterocycles. The Labute approximate surface area is 122 Å². The van der Waals surface area contributed by atoms with Gasteiger partial charge in [-0.1, -0.05) is 11.6 Å². The second-order valence-corrected chi connectivity index (χ2v) is 6.32. The number of halogens is 2. The lowest BCUT2D eigenvalue weighted by molar-refractivity contribution is -0.117. The molecule has 2 aliphatic rings. The van der Waals surface area contributed by atoms with E-state index in [0.29, 0.717) is 35.1 Å². The van der Waals surface area contributed by atoms with Gasteiger partial charge in [0, 0.05) is 29.2 Å². The first-order valence-electron chi connectivity index (χ1n) is 7.10. The van der Waals surface area contributed by atoms with Gasteiger partial charge in [-0.3, -0.25) is 4.79 Å². The predicted molar refractivity (Wildman–Crippen MR) is 77.3 cm³/mol. The SMILES string of the molecule is O=C(CC1CC2CCC(C1)N2)Nc1cc(F)cc(Cl)c1. The van der Waals surface area contributed by atoms with Crippen molar-refractivity contribution in [1.29, 1.82) is 0 Å². The van der Waals surface area contributed by atoms with Gasteiger partial charge in [0.05, 0.1) is 0 Å². The van der Waals surface area contributed by atoms with Crippen molar-refractivity contribution < 1.29 is 9.18 Å². The fraction of sp³-hybridized carbons (Fsp3) is 0.533. The molecule has 0 saturated carbocycles. The number of hydrogen-bond donors (Lipinski definition) is 2. The minimum atomic E-state index is -0.437. The quantitative estimate of drug-likeness (QED) is 0.898. The molecule has 0 radical (unpaired) electrons. The fourth-order valence-corrected chi connectivity index (χ4v) is 3.66. The highest BCUT2D eigenvalue weighted by Crippen LogP contribution is 2.32. The number of amides is 1. The summed E-state index contributed by atoms with van der Waals surface area (Å²) in [6.45, 7) is 0. The summed E-state index contributed by atoms with van der Waals surface area (Å²) < 4.78 is 13.2. The zero-order valence-electron chi connectivity index (χ0n) is 11.2. The Hall–Kier alpha value is -1.13. The van der Waals surface area contributed by atoms with Gasteiger partial charge in [0.15, 0.2) is 0 Å². The third-order valence-electron chi connectivity index (χ3n) is 4.19. The summed E-state index contributed by atoms with van der Waals surface area (Å²) in [6, 6.07) is 5.23. The molecule has 2 atom stereocenters. The van der Waals surface area contributed by atoms with Gasteiger partial charge in [0.2, 0.25) is 5.91 Å². The van der Waals surface area contributed by atoms with E-state index in [9.17, 15) is 9.18 Å². The molecule has 2 saturated heterocycles. The highest BCUT2D eigenvalue weighted by atomic mass is 35.5. The third kappa shape index (κ3) is 3.30. The van der Waals surface area contributed by atoms with Crippen molar-refractivity contribution in [1.82, 2.24) is 5.32 Å². The number of rotatable bonds is 3. The molecule has 0 aliphatic carbocycles. The van der Waals surface area contributed by atoms with E-state index < -0.39 is 5.82 Å². The van der Waals surface area contributed by atoms with E-state index in [-0.39, 0.29) is 5.91 Å². The van der Waals surface area contributed by atoms with Crippen LogP contribution in [-0.4, -0.2) is 18.0 Å². The second kappa shape index (κ2) is 5.70. The Morgan fingerprint density at radius 1 is 1.30 bits per heavy atom. The summed E-state index contributed by atoms with van der Waals surface area (Å²) in [7, 11) is 0. The standard InChI is InChI=1S/C15H18ClFN2O/c16-10-6-11(17)8-14(7-10)19-15(20)5-9-3-12-1-2-13(4-9)18-12/h6-9,12-13,18H,1-5H2,(H,19,20). The molecule has 1 aromatic carbocycles. The first kappa shape index (κ1) is 13.8. The molecule has 2 fully saturated rings. The smallest absolute Gasteiger partial charge is 0.224 e. The van der Waals surface area contributed by atoms with Crippen molar-refractivity contribution in [2.45, 2.75) is 44.2 Å². The molecule has 2 aliphatic heterocycles. The molecule has 20 heavy (non-hydrogen) atoms. The third-order valence-corrected chi connectivity index (χ3v) is 4.41. The average Bonchev–Trinajstić information content (AvgIpc) is 2.67. The molecule has 1 aromatic rings. The van der Waals surface area contributed by atoms with Crippen molar-refractivity contribution in [3.63, 3.8) is 0 Å². The van der Waals surface area contributed by atoms with Crippen LogP contribution < -0.4 is 10.6 Å². The van der Waals surface area contributed by atoms with Crippen LogP contribution in [0, 0.1) is 11.7 Å². The Morgan fingerprint density at radius 3 is 2.65 bits per heavy atom.